The van der Waals surface area contributed by atoms with Crippen molar-refractivity contribution in [2.45, 2.75) is 38.1 Å². The number of aryl methyl sites for hydroxylation is 1. The Balaban J connectivity index is 1.60. The number of hydrogen-bond acceptors (Lipinski definition) is 4. The van der Waals surface area contributed by atoms with Crippen molar-refractivity contribution in [3.05, 3.63) is 48.0 Å². The third-order valence-corrected chi connectivity index (χ3v) is 4.55. The first-order valence-corrected chi connectivity index (χ1v) is 8.54. The van der Waals surface area contributed by atoms with Gasteiger partial charge in [-0.1, -0.05) is 6.07 Å². The van der Waals surface area contributed by atoms with Gasteiger partial charge in [0.1, 0.15) is 6.54 Å². The molecule has 3 rings (SSSR count). The van der Waals surface area contributed by atoms with Crippen molar-refractivity contribution in [1.82, 2.24) is 19.7 Å². The molecule has 1 aliphatic heterocycles. The number of nitrogens with zero attached hydrogens (tertiary/aromatic N) is 4. The number of amides is 1. The van der Waals surface area contributed by atoms with Crippen LogP contribution in [-0.2, 0) is 22.6 Å². The number of piperidine rings is 1. The van der Waals surface area contributed by atoms with Gasteiger partial charge in [0.15, 0.2) is 0 Å². The lowest BCUT2D eigenvalue weighted by Gasteiger charge is -2.33. The van der Waals surface area contributed by atoms with Gasteiger partial charge in [-0.25, -0.2) is 0 Å². The fraction of sp³-hybridized carbons (Fsp3) is 0.444. The lowest BCUT2D eigenvalue weighted by molar-refractivity contribution is -0.138. The van der Waals surface area contributed by atoms with Gasteiger partial charge in [0.25, 0.3) is 0 Å². The van der Waals surface area contributed by atoms with E-state index in [2.05, 4.69) is 10.1 Å². The predicted octanol–water partition coefficient (Wildman–Crippen LogP) is 1.70. The number of rotatable bonds is 6. The van der Waals surface area contributed by atoms with E-state index in [9.17, 15) is 9.59 Å². The predicted molar refractivity (Wildman–Crippen MR) is 91.0 cm³/mol. The molecule has 132 valence electrons. The van der Waals surface area contributed by atoms with Gasteiger partial charge in [-0.15, -0.1) is 0 Å². The molecule has 2 aromatic rings. The molecule has 2 aromatic heterocycles. The Kier molecular flexibility index (Phi) is 5.42. The highest BCUT2D eigenvalue weighted by molar-refractivity contribution is 5.76. The maximum Gasteiger partial charge on any atom is 0.325 e. The number of carboxylic acid groups (broad SMARTS) is 1. The molecule has 0 unspecified atom stereocenters. The number of pyridine rings is 1. The number of hydrogen-bond donors (Lipinski definition) is 1. The van der Waals surface area contributed by atoms with Crippen LogP contribution in [0.2, 0.25) is 0 Å². The highest BCUT2D eigenvalue weighted by Gasteiger charge is 2.27. The van der Waals surface area contributed by atoms with Crippen molar-refractivity contribution in [2.24, 2.45) is 0 Å². The number of carbonyl (C=O) groups excluding carboxylic acids is 1. The Bertz CT molecular complexity index is 729. The SMILES string of the molecule is O=C(O)Cn1nccc1[C@H]1CCCN(C(=O)CCc2ccccn2)C1. The summed E-state index contributed by atoms with van der Waals surface area (Å²) in [5.41, 5.74) is 1.81. The summed E-state index contributed by atoms with van der Waals surface area (Å²) in [5.74, 6) is -0.655. The fourth-order valence-electron chi connectivity index (χ4n) is 3.33. The molecule has 7 nitrogen and oxygen atoms in total. The normalized spacial score (nSPS) is 17.4. The first-order valence-electron chi connectivity index (χ1n) is 8.54. The minimum atomic E-state index is -0.913. The van der Waals surface area contributed by atoms with Crippen LogP contribution < -0.4 is 0 Å². The van der Waals surface area contributed by atoms with Crippen LogP contribution in [0.25, 0.3) is 0 Å². The standard InChI is InChI=1S/C18H22N4O3/c23-17(7-6-15-5-1-2-9-19-15)21-11-3-4-14(12-21)16-8-10-20-22(16)13-18(24)25/h1-2,5,8-10,14H,3-4,6-7,11-13H2,(H,24,25)/t14-/m0/s1. The van der Waals surface area contributed by atoms with Gasteiger partial charge in [-0.05, 0) is 37.5 Å². The second kappa shape index (κ2) is 7.92. The average molecular weight is 342 g/mol. The summed E-state index contributed by atoms with van der Waals surface area (Å²) in [5, 5.41) is 13.1. The quantitative estimate of drug-likeness (QED) is 0.863. The third-order valence-electron chi connectivity index (χ3n) is 4.55. The van der Waals surface area contributed by atoms with E-state index in [1.807, 2.05) is 29.2 Å². The van der Waals surface area contributed by atoms with Gasteiger partial charge >= 0.3 is 5.97 Å². The molecule has 0 aromatic carbocycles. The van der Waals surface area contributed by atoms with Crippen LogP contribution in [0.15, 0.2) is 36.7 Å². The molecule has 1 amide bonds. The smallest absolute Gasteiger partial charge is 0.325 e. The van der Waals surface area contributed by atoms with Gasteiger partial charge in [-0.2, -0.15) is 5.10 Å². The first kappa shape index (κ1) is 17.1. The summed E-state index contributed by atoms with van der Waals surface area (Å²) in [6, 6.07) is 7.57. The van der Waals surface area contributed by atoms with E-state index >= 15 is 0 Å². The van der Waals surface area contributed by atoms with Crippen molar-refractivity contribution < 1.29 is 14.7 Å². The van der Waals surface area contributed by atoms with E-state index in [-0.39, 0.29) is 18.4 Å². The van der Waals surface area contributed by atoms with Gasteiger partial charge in [0.05, 0.1) is 0 Å². The minimum Gasteiger partial charge on any atom is -0.480 e. The third kappa shape index (κ3) is 4.43. The first-order chi connectivity index (χ1) is 12.1. The molecule has 0 aliphatic carbocycles. The molecule has 0 spiro atoms. The fourth-order valence-corrected chi connectivity index (χ4v) is 3.33. The number of aromatic nitrogens is 3. The van der Waals surface area contributed by atoms with Gasteiger partial charge in [-0.3, -0.25) is 19.3 Å². The molecule has 25 heavy (non-hydrogen) atoms. The van der Waals surface area contributed by atoms with E-state index in [1.54, 1.807) is 12.4 Å². The minimum absolute atomic E-state index is 0.125. The second-order valence-electron chi connectivity index (χ2n) is 6.31. The Labute approximate surface area is 146 Å². The van der Waals surface area contributed by atoms with Crippen LogP contribution in [0.4, 0.5) is 0 Å². The molecule has 7 heteroatoms. The number of likely N-dealkylation sites (tertiary alicyclic amines) is 1. The second-order valence-corrected chi connectivity index (χ2v) is 6.31. The lowest BCUT2D eigenvalue weighted by Crippen LogP contribution is -2.39. The average Bonchev–Trinajstić information content (AvgIpc) is 3.08. The zero-order valence-corrected chi connectivity index (χ0v) is 14.0. The largest absolute Gasteiger partial charge is 0.480 e. The zero-order valence-electron chi connectivity index (χ0n) is 14.0. The van der Waals surface area contributed by atoms with Crippen LogP contribution in [0.3, 0.4) is 0 Å². The van der Waals surface area contributed by atoms with Crippen molar-refractivity contribution in [2.75, 3.05) is 13.1 Å². The Hall–Kier alpha value is -2.70. The summed E-state index contributed by atoms with van der Waals surface area (Å²) in [4.78, 5) is 29.6. The van der Waals surface area contributed by atoms with E-state index in [4.69, 9.17) is 5.11 Å². The van der Waals surface area contributed by atoms with Crippen LogP contribution >= 0.6 is 0 Å². The van der Waals surface area contributed by atoms with Gasteiger partial charge < -0.3 is 10.0 Å². The van der Waals surface area contributed by atoms with Crippen molar-refractivity contribution >= 4 is 11.9 Å². The summed E-state index contributed by atoms with van der Waals surface area (Å²) in [6.07, 6.45) is 6.30. The highest BCUT2D eigenvalue weighted by atomic mass is 16.4. The monoisotopic (exact) mass is 342 g/mol. The van der Waals surface area contributed by atoms with E-state index in [0.29, 0.717) is 19.4 Å². The molecule has 1 N–H and O–H groups in total. The molecule has 0 saturated carbocycles. The number of aliphatic carboxylic acids is 1. The molecule has 0 radical (unpaired) electrons. The van der Waals surface area contributed by atoms with Crippen LogP contribution in [0.5, 0.6) is 0 Å². The molecule has 1 atom stereocenters. The number of carboxylic acids is 1. The van der Waals surface area contributed by atoms with E-state index in [1.165, 1.54) is 4.68 Å². The van der Waals surface area contributed by atoms with Crippen LogP contribution in [-0.4, -0.2) is 49.7 Å². The molecule has 0 bridgehead atoms. The molecule has 3 heterocycles. The summed E-state index contributed by atoms with van der Waals surface area (Å²) >= 11 is 0. The van der Waals surface area contributed by atoms with Gasteiger partial charge in [0.2, 0.25) is 5.91 Å². The van der Waals surface area contributed by atoms with Crippen molar-refractivity contribution in [1.29, 1.82) is 0 Å². The molecule has 1 fully saturated rings. The van der Waals surface area contributed by atoms with Crippen molar-refractivity contribution in [3.63, 3.8) is 0 Å². The van der Waals surface area contributed by atoms with Crippen LogP contribution in [0, 0.1) is 0 Å². The maximum atomic E-state index is 12.5. The van der Waals surface area contributed by atoms with Crippen molar-refractivity contribution in [3.8, 4) is 0 Å². The summed E-state index contributed by atoms with van der Waals surface area (Å²) in [6.45, 7) is 1.23. The molecular weight excluding hydrogens is 320 g/mol. The topological polar surface area (TPSA) is 88.3 Å². The maximum absolute atomic E-state index is 12.5. The highest BCUT2D eigenvalue weighted by Crippen LogP contribution is 2.27. The summed E-state index contributed by atoms with van der Waals surface area (Å²) in [7, 11) is 0. The molecular formula is C18H22N4O3. The molecule has 1 aliphatic rings. The van der Waals surface area contributed by atoms with Gasteiger partial charge in [0, 0.05) is 49.2 Å². The van der Waals surface area contributed by atoms with E-state index in [0.717, 1.165) is 30.8 Å². The van der Waals surface area contributed by atoms with Crippen LogP contribution in [0.1, 0.15) is 36.6 Å². The Morgan fingerprint density at radius 2 is 2.12 bits per heavy atom. The molecule has 1 saturated heterocycles. The Morgan fingerprint density at radius 1 is 1.24 bits per heavy atom. The lowest BCUT2D eigenvalue weighted by atomic mass is 9.94. The summed E-state index contributed by atoms with van der Waals surface area (Å²) < 4.78 is 1.52. The Morgan fingerprint density at radius 3 is 2.88 bits per heavy atom. The van der Waals surface area contributed by atoms with E-state index < -0.39 is 5.97 Å². The number of carbonyl (C=O) groups is 2. The zero-order chi connectivity index (χ0) is 17.6.